The monoisotopic (exact) mass is 266 g/mol. The number of benzene rings is 1. The summed E-state index contributed by atoms with van der Waals surface area (Å²) in [5.74, 6) is 0. The van der Waals surface area contributed by atoms with Crippen molar-refractivity contribution in [3.63, 3.8) is 0 Å². The lowest BCUT2D eigenvalue weighted by Gasteiger charge is -2.20. The van der Waals surface area contributed by atoms with Crippen molar-refractivity contribution >= 4 is 5.69 Å². The van der Waals surface area contributed by atoms with Gasteiger partial charge in [0.15, 0.2) is 0 Å². The maximum absolute atomic E-state index is 4.33. The second-order valence-corrected chi connectivity index (χ2v) is 5.79. The van der Waals surface area contributed by atoms with Crippen molar-refractivity contribution in [3.8, 4) is 0 Å². The summed E-state index contributed by atoms with van der Waals surface area (Å²) in [6, 6.07) is 11.4. The SMILES string of the molecule is Cc1ccc(NC(C)c2ccc3c(c2)CCCC3)cn1. The standard InChI is InChI=1S/C18H22N2/c1-13-7-10-18(12-19-13)20-14(2)16-9-8-15-5-3-4-6-17(15)11-16/h7-12,14,20H,3-6H2,1-2H3. The largest absolute Gasteiger partial charge is 0.377 e. The van der Waals surface area contributed by atoms with E-state index < -0.39 is 0 Å². The molecule has 3 rings (SSSR count). The Kier molecular flexibility index (Phi) is 3.72. The summed E-state index contributed by atoms with van der Waals surface area (Å²) in [5.41, 5.74) is 6.60. The van der Waals surface area contributed by atoms with Crippen LogP contribution in [0.5, 0.6) is 0 Å². The van der Waals surface area contributed by atoms with E-state index in [2.05, 4.69) is 41.5 Å². The minimum absolute atomic E-state index is 0.312. The van der Waals surface area contributed by atoms with Gasteiger partial charge >= 0.3 is 0 Å². The van der Waals surface area contributed by atoms with Crippen LogP contribution in [0.2, 0.25) is 0 Å². The van der Waals surface area contributed by atoms with E-state index >= 15 is 0 Å². The molecule has 1 heterocycles. The predicted octanol–water partition coefficient (Wildman–Crippen LogP) is 4.44. The Hall–Kier alpha value is -1.83. The number of anilines is 1. The molecule has 1 aromatic carbocycles. The fourth-order valence-electron chi connectivity index (χ4n) is 2.91. The van der Waals surface area contributed by atoms with Gasteiger partial charge < -0.3 is 5.32 Å². The van der Waals surface area contributed by atoms with Crippen molar-refractivity contribution in [2.45, 2.75) is 45.6 Å². The first-order valence-corrected chi connectivity index (χ1v) is 7.53. The zero-order chi connectivity index (χ0) is 13.9. The summed E-state index contributed by atoms with van der Waals surface area (Å²) in [5, 5.41) is 3.53. The Morgan fingerprint density at radius 3 is 2.60 bits per heavy atom. The molecule has 104 valence electrons. The molecule has 1 aliphatic rings. The van der Waals surface area contributed by atoms with Gasteiger partial charge in [-0.3, -0.25) is 4.98 Å². The molecule has 0 aliphatic heterocycles. The summed E-state index contributed by atoms with van der Waals surface area (Å²) < 4.78 is 0. The molecule has 1 aliphatic carbocycles. The highest BCUT2D eigenvalue weighted by Gasteiger charge is 2.12. The van der Waals surface area contributed by atoms with Gasteiger partial charge in [-0.05, 0) is 68.4 Å². The van der Waals surface area contributed by atoms with Crippen LogP contribution in [-0.4, -0.2) is 4.98 Å². The van der Waals surface area contributed by atoms with E-state index in [1.807, 2.05) is 19.2 Å². The van der Waals surface area contributed by atoms with Crippen LogP contribution < -0.4 is 5.32 Å². The summed E-state index contributed by atoms with van der Waals surface area (Å²) in [6.45, 7) is 4.22. The van der Waals surface area contributed by atoms with Gasteiger partial charge in [0, 0.05) is 11.7 Å². The number of hydrogen-bond donors (Lipinski definition) is 1. The topological polar surface area (TPSA) is 24.9 Å². The van der Waals surface area contributed by atoms with Crippen LogP contribution in [0, 0.1) is 6.92 Å². The number of fused-ring (bicyclic) bond motifs is 1. The third kappa shape index (κ3) is 2.84. The quantitative estimate of drug-likeness (QED) is 0.888. The van der Waals surface area contributed by atoms with Crippen LogP contribution in [0.25, 0.3) is 0 Å². The molecule has 0 spiro atoms. The molecule has 1 aromatic heterocycles. The van der Waals surface area contributed by atoms with Gasteiger partial charge in [-0.1, -0.05) is 18.2 Å². The number of nitrogens with zero attached hydrogens (tertiary/aromatic N) is 1. The first-order chi connectivity index (χ1) is 9.72. The lowest BCUT2D eigenvalue weighted by Crippen LogP contribution is -2.09. The Bertz CT molecular complexity index is 587. The Labute approximate surface area is 121 Å². The average molecular weight is 266 g/mol. The summed E-state index contributed by atoms with van der Waals surface area (Å²) in [7, 11) is 0. The molecule has 0 radical (unpaired) electrons. The molecule has 2 nitrogen and oxygen atoms in total. The van der Waals surface area contributed by atoms with E-state index in [-0.39, 0.29) is 0 Å². The van der Waals surface area contributed by atoms with Crippen LogP contribution in [0.1, 0.15) is 48.2 Å². The van der Waals surface area contributed by atoms with Crippen LogP contribution in [0.15, 0.2) is 36.5 Å². The fourth-order valence-corrected chi connectivity index (χ4v) is 2.91. The second kappa shape index (κ2) is 5.66. The molecule has 20 heavy (non-hydrogen) atoms. The molecule has 0 saturated carbocycles. The molecule has 1 N–H and O–H groups in total. The first-order valence-electron chi connectivity index (χ1n) is 7.53. The highest BCUT2D eigenvalue weighted by Crippen LogP contribution is 2.26. The summed E-state index contributed by atoms with van der Waals surface area (Å²) >= 11 is 0. The third-order valence-corrected chi connectivity index (χ3v) is 4.17. The minimum Gasteiger partial charge on any atom is -0.377 e. The average Bonchev–Trinajstić information content (AvgIpc) is 2.49. The maximum atomic E-state index is 4.33. The van der Waals surface area contributed by atoms with Gasteiger partial charge in [-0.15, -0.1) is 0 Å². The number of rotatable bonds is 3. The van der Waals surface area contributed by atoms with Crippen molar-refractivity contribution in [2.24, 2.45) is 0 Å². The van der Waals surface area contributed by atoms with Gasteiger partial charge in [0.25, 0.3) is 0 Å². The van der Waals surface area contributed by atoms with Gasteiger partial charge in [0.05, 0.1) is 11.9 Å². The van der Waals surface area contributed by atoms with E-state index in [4.69, 9.17) is 0 Å². The smallest absolute Gasteiger partial charge is 0.0531 e. The zero-order valence-corrected chi connectivity index (χ0v) is 12.3. The Balaban J connectivity index is 1.76. The summed E-state index contributed by atoms with van der Waals surface area (Å²) in [4.78, 5) is 4.33. The molecular weight excluding hydrogens is 244 g/mol. The lowest BCUT2D eigenvalue weighted by atomic mass is 9.89. The number of nitrogens with one attached hydrogen (secondary N) is 1. The zero-order valence-electron chi connectivity index (χ0n) is 12.3. The molecule has 0 saturated heterocycles. The predicted molar refractivity (Wildman–Crippen MR) is 84.1 cm³/mol. The molecule has 1 atom stereocenters. The fraction of sp³-hybridized carbons (Fsp3) is 0.389. The molecule has 0 amide bonds. The van der Waals surface area contributed by atoms with Crippen molar-refractivity contribution in [1.29, 1.82) is 0 Å². The van der Waals surface area contributed by atoms with Gasteiger partial charge in [0.1, 0.15) is 0 Å². The number of aryl methyl sites for hydroxylation is 3. The van der Waals surface area contributed by atoms with Gasteiger partial charge in [-0.2, -0.15) is 0 Å². The minimum atomic E-state index is 0.312. The van der Waals surface area contributed by atoms with E-state index in [9.17, 15) is 0 Å². The number of pyridine rings is 1. The highest BCUT2D eigenvalue weighted by molar-refractivity contribution is 5.45. The number of hydrogen-bond acceptors (Lipinski definition) is 2. The Morgan fingerprint density at radius 2 is 1.85 bits per heavy atom. The van der Waals surface area contributed by atoms with Gasteiger partial charge in [0.2, 0.25) is 0 Å². The van der Waals surface area contributed by atoms with Crippen LogP contribution in [0.3, 0.4) is 0 Å². The summed E-state index contributed by atoms with van der Waals surface area (Å²) in [6.07, 6.45) is 7.07. The van der Waals surface area contributed by atoms with Crippen LogP contribution in [0.4, 0.5) is 5.69 Å². The first kappa shape index (κ1) is 13.2. The van der Waals surface area contributed by atoms with E-state index in [0.717, 1.165) is 11.4 Å². The van der Waals surface area contributed by atoms with E-state index in [1.165, 1.54) is 31.2 Å². The van der Waals surface area contributed by atoms with Gasteiger partial charge in [-0.25, -0.2) is 0 Å². The van der Waals surface area contributed by atoms with E-state index in [0.29, 0.717) is 6.04 Å². The van der Waals surface area contributed by atoms with Crippen molar-refractivity contribution in [1.82, 2.24) is 4.98 Å². The molecule has 1 unspecified atom stereocenters. The highest BCUT2D eigenvalue weighted by atomic mass is 14.9. The van der Waals surface area contributed by atoms with Crippen LogP contribution in [-0.2, 0) is 12.8 Å². The number of aromatic nitrogens is 1. The van der Waals surface area contributed by atoms with E-state index in [1.54, 1.807) is 11.1 Å². The molecule has 2 aromatic rings. The molecule has 0 fully saturated rings. The maximum Gasteiger partial charge on any atom is 0.0531 e. The van der Waals surface area contributed by atoms with Crippen molar-refractivity contribution in [2.75, 3.05) is 5.32 Å². The Morgan fingerprint density at radius 1 is 1.05 bits per heavy atom. The van der Waals surface area contributed by atoms with Crippen LogP contribution >= 0.6 is 0 Å². The van der Waals surface area contributed by atoms with Crippen molar-refractivity contribution < 1.29 is 0 Å². The molecular formula is C18H22N2. The van der Waals surface area contributed by atoms with Crippen molar-refractivity contribution in [3.05, 3.63) is 58.9 Å². The second-order valence-electron chi connectivity index (χ2n) is 5.79. The molecule has 0 bridgehead atoms. The lowest BCUT2D eigenvalue weighted by molar-refractivity contribution is 0.683. The molecule has 2 heteroatoms. The normalized spacial score (nSPS) is 15.5. The third-order valence-electron chi connectivity index (χ3n) is 4.17.